The third-order valence-electron chi connectivity index (χ3n) is 3.67. The fourth-order valence-corrected chi connectivity index (χ4v) is 2.59. The molecule has 0 saturated heterocycles. The highest BCUT2D eigenvalue weighted by atomic mass is 16.5. The molecule has 20 heavy (non-hydrogen) atoms. The molecule has 1 saturated carbocycles. The monoisotopic (exact) mass is 273 g/mol. The summed E-state index contributed by atoms with van der Waals surface area (Å²) in [6.07, 6.45) is 4.85. The van der Waals surface area contributed by atoms with Gasteiger partial charge in [-0.3, -0.25) is 0 Å². The number of methoxy groups -OCH3 is 1. The number of hydrogen-bond donors (Lipinski definition) is 1. The Morgan fingerprint density at radius 2 is 2.10 bits per heavy atom. The maximum Gasteiger partial charge on any atom is 0.135 e. The van der Waals surface area contributed by atoms with Crippen molar-refractivity contribution in [3.8, 4) is 17.6 Å². The topological polar surface area (TPSA) is 44.5 Å². The molecular weight excluding hydrogens is 250 g/mol. The summed E-state index contributed by atoms with van der Waals surface area (Å²) in [6, 6.07) is 6.11. The molecule has 1 fully saturated rings. The van der Waals surface area contributed by atoms with Crippen molar-refractivity contribution in [2.75, 3.05) is 13.7 Å². The van der Waals surface area contributed by atoms with Crippen LogP contribution in [-0.2, 0) is 4.74 Å². The van der Waals surface area contributed by atoms with E-state index in [0.717, 1.165) is 37.0 Å². The van der Waals surface area contributed by atoms with Crippen LogP contribution in [-0.4, -0.2) is 25.9 Å². The molecule has 0 aliphatic heterocycles. The van der Waals surface area contributed by atoms with Crippen molar-refractivity contribution in [1.82, 2.24) is 0 Å². The summed E-state index contributed by atoms with van der Waals surface area (Å²) in [6.45, 7) is 2.42. The zero-order valence-electron chi connectivity index (χ0n) is 12.3. The van der Waals surface area contributed by atoms with Crippen molar-refractivity contribution in [2.24, 2.45) is 5.73 Å². The fourth-order valence-electron chi connectivity index (χ4n) is 2.59. The summed E-state index contributed by atoms with van der Waals surface area (Å²) in [4.78, 5) is 0. The van der Waals surface area contributed by atoms with Gasteiger partial charge >= 0.3 is 0 Å². The third-order valence-corrected chi connectivity index (χ3v) is 3.67. The second-order valence-corrected chi connectivity index (χ2v) is 5.27. The Morgan fingerprint density at radius 1 is 1.30 bits per heavy atom. The third kappa shape index (κ3) is 4.00. The van der Waals surface area contributed by atoms with E-state index in [4.69, 9.17) is 15.2 Å². The quantitative estimate of drug-likeness (QED) is 0.861. The van der Waals surface area contributed by atoms with Crippen molar-refractivity contribution in [3.63, 3.8) is 0 Å². The highest BCUT2D eigenvalue weighted by Gasteiger charge is 2.23. The molecule has 2 N–H and O–H groups in total. The molecule has 0 bridgehead atoms. The average Bonchev–Trinajstić information content (AvgIpc) is 2.47. The lowest BCUT2D eigenvalue weighted by atomic mass is 9.95. The van der Waals surface area contributed by atoms with Crippen LogP contribution in [0.2, 0.25) is 0 Å². The minimum atomic E-state index is 0.217. The Bertz CT molecular complexity index is 501. The SMILES string of the molecule is COC1CCCC(Oc2ccc(C)cc2C#CCN)C1. The van der Waals surface area contributed by atoms with E-state index in [1.165, 1.54) is 5.56 Å². The van der Waals surface area contributed by atoms with Gasteiger partial charge in [-0.25, -0.2) is 0 Å². The molecule has 2 atom stereocenters. The Balaban J connectivity index is 2.12. The summed E-state index contributed by atoms with van der Waals surface area (Å²) in [5, 5.41) is 0. The molecule has 0 heterocycles. The molecule has 1 aliphatic rings. The number of benzene rings is 1. The molecule has 0 spiro atoms. The predicted molar refractivity (Wildman–Crippen MR) is 80.8 cm³/mol. The molecule has 2 rings (SSSR count). The van der Waals surface area contributed by atoms with Crippen LogP contribution >= 0.6 is 0 Å². The van der Waals surface area contributed by atoms with Gasteiger partial charge in [0.2, 0.25) is 0 Å². The minimum absolute atomic E-state index is 0.217. The molecule has 0 radical (unpaired) electrons. The molecule has 1 aromatic rings. The lowest BCUT2D eigenvalue weighted by Gasteiger charge is -2.29. The lowest BCUT2D eigenvalue weighted by molar-refractivity contribution is 0.0209. The van der Waals surface area contributed by atoms with Crippen LogP contribution in [0.25, 0.3) is 0 Å². The van der Waals surface area contributed by atoms with Crippen molar-refractivity contribution in [2.45, 2.75) is 44.8 Å². The van der Waals surface area contributed by atoms with Gasteiger partial charge in [0.05, 0.1) is 18.2 Å². The van der Waals surface area contributed by atoms with Gasteiger partial charge in [-0.05, 0) is 43.9 Å². The highest BCUT2D eigenvalue weighted by molar-refractivity contribution is 5.48. The van der Waals surface area contributed by atoms with Gasteiger partial charge in [0.15, 0.2) is 0 Å². The second kappa shape index (κ2) is 7.33. The fraction of sp³-hybridized carbons (Fsp3) is 0.529. The Kier molecular flexibility index (Phi) is 5.46. The van der Waals surface area contributed by atoms with E-state index in [-0.39, 0.29) is 6.10 Å². The van der Waals surface area contributed by atoms with Crippen molar-refractivity contribution in [3.05, 3.63) is 29.3 Å². The lowest BCUT2D eigenvalue weighted by Crippen LogP contribution is -2.29. The molecule has 0 amide bonds. The number of hydrogen-bond acceptors (Lipinski definition) is 3. The van der Waals surface area contributed by atoms with E-state index < -0.39 is 0 Å². The van der Waals surface area contributed by atoms with Crippen LogP contribution in [0.1, 0.15) is 36.8 Å². The van der Waals surface area contributed by atoms with Gasteiger partial charge in [-0.1, -0.05) is 17.9 Å². The molecular formula is C17H23NO2. The van der Waals surface area contributed by atoms with E-state index in [9.17, 15) is 0 Å². The summed E-state index contributed by atoms with van der Waals surface area (Å²) < 4.78 is 11.6. The van der Waals surface area contributed by atoms with Gasteiger partial charge < -0.3 is 15.2 Å². The molecule has 108 valence electrons. The van der Waals surface area contributed by atoms with Crippen LogP contribution in [0, 0.1) is 18.8 Å². The van der Waals surface area contributed by atoms with Crippen LogP contribution in [0.4, 0.5) is 0 Å². The van der Waals surface area contributed by atoms with Crippen molar-refractivity contribution < 1.29 is 9.47 Å². The van der Waals surface area contributed by atoms with E-state index >= 15 is 0 Å². The smallest absolute Gasteiger partial charge is 0.135 e. The number of aryl methyl sites for hydroxylation is 1. The maximum atomic E-state index is 6.15. The summed E-state index contributed by atoms with van der Waals surface area (Å²) in [5.41, 5.74) is 7.56. The van der Waals surface area contributed by atoms with Gasteiger partial charge in [0, 0.05) is 13.5 Å². The molecule has 0 aromatic heterocycles. The van der Waals surface area contributed by atoms with E-state index in [2.05, 4.69) is 30.9 Å². The van der Waals surface area contributed by atoms with Crippen LogP contribution < -0.4 is 10.5 Å². The largest absolute Gasteiger partial charge is 0.489 e. The van der Waals surface area contributed by atoms with Crippen molar-refractivity contribution in [1.29, 1.82) is 0 Å². The number of ether oxygens (including phenoxy) is 2. The second-order valence-electron chi connectivity index (χ2n) is 5.27. The predicted octanol–water partition coefficient (Wildman–Crippen LogP) is 2.64. The first kappa shape index (κ1) is 14.9. The average molecular weight is 273 g/mol. The molecule has 3 heteroatoms. The van der Waals surface area contributed by atoms with E-state index in [1.807, 2.05) is 6.07 Å². The van der Waals surface area contributed by atoms with Gasteiger partial charge in [0.25, 0.3) is 0 Å². The molecule has 1 aromatic carbocycles. The Morgan fingerprint density at radius 3 is 2.85 bits per heavy atom. The molecule has 3 nitrogen and oxygen atoms in total. The molecule has 2 unspecified atom stereocenters. The van der Waals surface area contributed by atoms with Crippen LogP contribution in [0.3, 0.4) is 0 Å². The Labute approximate surface area is 121 Å². The van der Waals surface area contributed by atoms with Gasteiger partial charge in [-0.2, -0.15) is 0 Å². The Hall–Kier alpha value is -1.50. The van der Waals surface area contributed by atoms with Crippen LogP contribution in [0.15, 0.2) is 18.2 Å². The summed E-state index contributed by atoms with van der Waals surface area (Å²) in [7, 11) is 1.77. The summed E-state index contributed by atoms with van der Waals surface area (Å²) in [5.74, 6) is 6.86. The van der Waals surface area contributed by atoms with Gasteiger partial charge in [-0.15, -0.1) is 0 Å². The zero-order chi connectivity index (χ0) is 14.4. The summed E-state index contributed by atoms with van der Waals surface area (Å²) >= 11 is 0. The maximum absolute atomic E-state index is 6.15. The first-order valence-corrected chi connectivity index (χ1v) is 7.22. The van der Waals surface area contributed by atoms with Gasteiger partial charge in [0.1, 0.15) is 11.9 Å². The highest BCUT2D eigenvalue weighted by Crippen LogP contribution is 2.27. The normalized spacial score (nSPS) is 21.9. The van der Waals surface area contributed by atoms with E-state index in [1.54, 1.807) is 7.11 Å². The van der Waals surface area contributed by atoms with E-state index in [0.29, 0.717) is 12.6 Å². The first-order chi connectivity index (χ1) is 9.72. The minimum Gasteiger partial charge on any atom is -0.489 e. The van der Waals surface area contributed by atoms with Crippen LogP contribution in [0.5, 0.6) is 5.75 Å². The van der Waals surface area contributed by atoms with Crippen molar-refractivity contribution >= 4 is 0 Å². The molecule has 1 aliphatic carbocycles. The standard InChI is InChI=1S/C17H23NO2/c1-13-8-9-17(14(11-13)5-4-10-18)20-16-7-3-6-15(12-16)19-2/h8-9,11,15-16H,3,6-7,10,12,18H2,1-2H3. The number of rotatable bonds is 3. The first-order valence-electron chi connectivity index (χ1n) is 7.22. The number of nitrogens with two attached hydrogens (primary N) is 1. The zero-order valence-corrected chi connectivity index (χ0v) is 12.3.